The number of methoxy groups -OCH3 is 2. The van der Waals surface area contributed by atoms with Crippen LogP contribution in [-0.2, 0) is 16.8 Å². The molecule has 2 aliphatic rings. The van der Waals surface area contributed by atoms with E-state index in [0.717, 1.165) is 43.7 Å². The molecule has 1 fully saturated rings. The van der Waals surface area contributed by atoms with Crippen molar-refractivity contribution in [2.24, 2.45) is 0 Å². The largest absolute Gasteiger partial charge is 0.493 e. The molecule has 2 aliphatic heterocycles. The van der Waals surface area contributed by atoms with Gasteiger partial charge >= 0.3 is 6.03 Å². The van der Waals surface area contributed by atoms with Gasteiger partial charge in [-0.25, -0.2) is 4.79 Å². The van der Waals surface area contributed by atoms with Crippen LogP contribution < -0.4 is 14.8 Å². The molecule has 0 unspecified atom stereocenters. The topological polar surface area (TPSA) is 60.0 Å². The lowest BCUT2D eigenvalue weighted by Crippen LogP contribution is -2.51. The highest BCUT2D eigenvalue weighted by molar-refractivity contribution is 5.74. The molecule has 6 heteroatoms. The van der Waals surface area contributed by atoms with Crippen molar-refractivity contribution in [1.29, 1.82) is 0 Å². The molecule has 0 radical (unpaired) electrons. The number of ether oxygens (including phenoxy) is 3. The first kappa shape index (κ1) is 17.9. The minimum Gasteiger partial charge on any atom is -0.493 e. The molecule has 2 amide bonds. The molecule has 0 bridgehead atoms. The fourth-order valence-corrected chi connectivity index (χ4v) is 3.81. The Morgan fingerprint density at radius 2 is 1.92 bits per heavy atom. The van der Waals surface area contributed by atoms with E-state index < -0.39 is 0 Å². The zero-order valence-electron chi connectivity index (χ0n) is 15.4. The zero-order chi connectivity index (χ0) is 17.9. The molecule has 25 heavy (non-hydrogen) atoms. The minimum atomic E-state index is -0.325. The number of fused-ring (bicyclic) bond motifs is 2. The molecular weight excluding hydrogens is 320 g/mol. The van der Waals surface area contributed by atoms with E-state index >= 15 is 0 Å². The summed E-state index contributed by atoms with van der Waals surface area (Å²) < 4.78 is 17.2. The molecule has 138 valence electrons. The van der Waals surface area contributed by atoms with E-state index in [1.807, 2.05) is 4.90 Å². The van der Waals surface area contributed by atoms with E-state index in [9.17, 15) is 4.79 Å². The average Bonchev–Trinajstić information content (AvgIpc) is 2.66. The van der Waals surface area contributed by atoms with Gasteiger partial charge in [0.05, 0.1) is 26.4 Å². The number of benzene rings is 1. The van der Waals surface area contributed by atoms with E-state index in [0.29, 0.717) is 19.7 Å². The standard InChI is InChI=1S/C19H28N2O4/c1-4-8-20-18(22)21-9-6-19(7-10-21)15-13-17(24-3)16(23-2)12-14(15)5-11-25-19/h12-13H,4-11H2,1-3H3,(H,20,22). The number of amides is 2. The third-order valence-corrected chi connectivity index (χ3v) is 5.23. The molecule has 1 N–H and O–H groups in total. The summed E-state index contributed by atoms with van der Waals surface area (Å²) in [4.78, 5) is 14.1. The molecule has 1 saturated heterocycles. The van der Waals surface area contributed by atoms with Gasteiger partial charge < -0.3 is 24.4 Å². The molecule has 1 aromatic rings. The van der Waals surface area contributed by atoms with Crippen molar-refractivity contribution in [1.82, 2.24) is 10.2 Å². The highest BCUT2D eigenvalue weighted by Crippen LogP contribution is 2.45. The first-order valence-corrected chi connectivity index (χ1v) is 9.05. The summed E-state index contributed by atoms with van der Waals surface area (Å²) in [6, 6.07) is 4.15. The fraction of sp³-hybridized carbons (Fsp3) is 0.632. The Morgan fingerprint density at radius 3 is 2.56 bits per heavy atom. The first-order valence-electron chi connectivity index (χ1n) is 9.05. The Morgan fingerprint density at radius 1 is 1.24 bits per heavy atom. The van der Waals surface area contributed by atoms with Crippen molar-refractivity contribution < 1.29 is 19.0 Å². The third kappa shape index (κ3) is 3.40. The van der Waals surface area contributed by atoms with Crippen LogP contribution in [0.25, 0.3) is 0 Å². The number of hydrogen-bond donors (Lipinski definition) is 1. The van der Waals surface area contributed by atoms with Crippen LogP contribution in [0.2, 0.25) is 0 Å². The van der Waals surface area contributed by atoms with Crippen LogP contribution in [0.5, 0.6) is 11.5 Å². The van der Waals surface area contributed by atoms with Gasteiger partial charge in [-0.2, -0.15) is 0 Å². The summed E-state index contributed by atoms with van der Waals surface area (Å²) in [6.07, 6.45) is 3.42. The number of hydrogen-bond acceptors (Lipinski definition) is 4. The smallest absolute Gasteiger partial charge is 0.317 e. The van der Waals surface area contributed by atoms with E-state index in [-0.39, 0.29) is 11.6 Å². The van der Waals surface area contributed by atoms with Gasteiger partial charge in [-0.1, -0.05) is 6.92 Å². The van der Waals surface area contributed by atoms with Crippen LogP contribution in [0.15, 0.2) is 12.1 Å². The molecule has 0 aromatic heterocycles. The van der Waals surface area contributed by atoms with Crippen LogP contribution in [0, 0.1) is 0 Å². The summed E-state index contributed by atoms with van der Waals surface area (Å²) in [5.74, 6) is 1.49. The molecule has 3 rings (SSSR count). The third-order valence-electron chi connectivity index (χ3n) is 5.23. The van der Waals surface area contributed by atoms with Gasteiger partial charge in [-0.3, -0.25) is 0 Å². The van der Waals surface area contributed by atoms with Crippen molar-refractivity contribution in [3.8, 4) is 11.5 Å². The number of rotatable bonds is 4. The highest BCUT2D eigenvalue weighted by atomic mass is 16.5. The predicted octanol–water partition coefficient (Wildman–Crippen LogP) is 2.69. The lowest BCUT2D eigenvalue weighted by Gasteiger charge is -2.45. The Kier molecular flexibility index (Phi) is 5.37. The van der Waals surface area contributed by atoms with Gasteiger partial charge in [0.1, 0.15) is 0 Å². The van der Waals surface area contributed by atoms with Gasteiger partial charge in [-0.05, 0) is 48.9 Å². The van der Waals surface area contributed by atoms with Gasteiger partial charge in [0, 0.05) is 19.6 Å². The lowest BCUT2D eigenvalue weighted by molar-refractivity contribution is -0.0927. The minimum absolute atomic E-state index is 0.0278. The number of piperidine rings is 1. The Labute approximate surface area is 149 Å². The Hall–Kier alpha value is -1.95. The predicted molar refractivity (Wildman–Crippen MR) is 95.4 cm³/mol. The number of likely N-dealkylation sites (tertiary alicyclic amines) is 1. The zero-order valence-corrected chi connectivity index (χ0v) is 15.4. The van der Waals surface area contributed by atoms with Crippen molar-refractivity contribution in [3.63, 3.8) is 0 Å². The van der Waals surface area contributed by atoms with Crippen molar-refractivity contribution in [3.05, 3.63) is 23.3 Å². The van der Waals surface area contributed by atoms with E-state index in [2.05, 4.69) is 24.4 Å². The summed E-state index contributed by atoms with van der Waals surface area (Å²) in [5.41, 5.74) is 2.12. The molecule has 2 heterocycles. The maximum Gasteiger partial charge on any atom is 0.317 e. The molecule has 0 aliphatic carbocycles. The van der Waals surface area contributed by atoms with Crippen LogP contribution in [0.1, 0.15) is 37.3 Å². The number of nitrogens with zero attached hydrogens (tertiary/aromatic N) is 1. The normalized spacial score (nSPS) is 18.6. The Balaban J connectivity index is 1.80. The molecule has 1 spiro atoms. The second kappa shape index (κ2) is 7.52. The lowest BCUT2D eigenvalue weighted by atomic mass is 9.79. The molecule has 0 atom stereocenters. The van der Waals surface area contributed by atoms with Crippen molar-refractivity contribution >= 4 is 6.03 Å². The van der Waals surface area contributed by atoms with Crippen LogP contribution in [-0.4, -0.2) is 51.4 Å². The second-order valence-electron chi connectivity index (χ2n) is 6.68. The van der Waals surface area contributed by atoms with E-state index in [1.165, 1.54) is 11.1 Å². The maximum absolute atomic E-state index is 12.2. The molecule has 1 aromatic carbocycles. The number of nitrogens with one attached hydrogen (secondary N) is 1. The van der Waals surface area contributed by atoms with Gasteiger partial charge in [0.2, 0.25) is 0 Å². The van der Waals surface area contributed by atoms with Crippen LogP contribution >= 0.6 is 0 Å². The number of urea groups is 1. The van der Waals surface area contributed by atoms with E-state index in [4.69, 9.17) is 14.2 Å². The van der Waals surface area contributed by atoms with Crippen LogP contribution in [0.4, 0.5) is 4.79 Å². The van der Waals surface area contributed by atoms with Gasteiger partial charge in [0.25, 0.3) is 0 Å². The summed E-state index contributed by atoms with van der Waals surface area (Å²) in [5, 5.41) is 2.96. The van der Waals surface area contributed by atoms with Crippen molar-refractivity contribution in [2.75, 3.05) is 40.5 Å². The molecule has 6 nitrogen and oxygen atoms in total. The second-order valence-corrected chi connectivity index (χ2v) is 6.68. The highest BCUT2D eigenvalue weighted by Gasteiger charge is 2.42. The van der Waals surface area contributed by atoms with E-state index in [1.54, 1.807) is 14.2 Å². The first-order chi connectivity index (χ1) is 12.1. The average molecular weight is 348 g/mol. The molecular formula is C19H28N2O4. The monoisotopic (exact) mass is 348 g/mol. The maximum atomic E-state index is 12.2. The van der Waals surface area contributed by atoms with Crippen LogP contribution in [0.3, 0.4) is 0 Å². The summed E-state index contributed by atoms with van der Waals surface area (Å²) >= 11 is 0. The number of carbonyl (C=O) groups is 1. The van der Waals surface area contributed by atoms with Crippen molar-refractivity contribution in [2.45, 2.75) is 38.2 Å². The number of carbonyl (C=O) groups excluding carboxylic acids is 1. The van der Waals surface area contributed by atoms with Gasteiger partial charge in [-0.15, -0.1) is 0 Å². The fourth-order valence-electron chi connectivity index (χ4n) is 3.81. The summed E-state index contributed by atoms with van der Waals surface area (Å²) in [6.45, 7) is 4.87. The Bertz CT molecular complexity index is 624. The molecule has 0 saturated carbocycles. The SMILES string of the molecule is CCCNC(=O)N1CCC2(CC1)OCCc1cc(OC)c(OC)cc12. The quantitative estimate of drug-likeness (QED) is 0.909. The summed E-state index contributed by atoms with van der Waals surface area (Å²) in [7, 11) is 3.31. The van der Waals surface area contributed by atoms with Gasteiger partial charge in [0.15, 0.2) is 11.5 Å².